The normalized spacial score (nSPS) is 25.9. The Labute approximate surface area is 114 Å². The summed E-state index contributed by atoms with van der Waals surface area (Å²) in [5.41, 5.74) is 0. The van der Waals surface area contributed by atoms with Gasteiger partial charge < -0.3 is 10.1 Å². The lowest BCUT2D eigenvalue weighted by atomic mass is 10.0. The molecule has 0 aromatic carbocycles. The fourth-order valence-corrected chi connectivity index (χ4v) is 2.18. The maximum Gasteiger partial charge on any atom is 0.239 e. The van der Waals surface area contributed by atoms with Crippen molar-refractivity contribution in [3.05, 3.63) is 0 Å². The van der Waals surface area contributed by atoms with Gasteiger partial charge in [-0.3, -0.25) is 14.5 Å². The summed E-state index contributed by atoms with van der Waals surface area (Å²) in [6, 6.07) is 0.0453. The van der Waals surface area contributed by atoms with Crippen LogP contribution in [0.1, 0.15) is 33.1 Å². The molecule has 0 aromatic heterocycles. The second-order valence-corrected chi connectivity index (χ2v) is 5.62. The monoisotopic (exact) mass is 268 g/mol. The van der Waals surface area contributed by atoms with Crippen molar-refractivity contribution in [3.63, 3.8) is 0 Å². The standard InChI is InChI=1S/C14H24N2O3/c1-3-10(2)13(17)8-16-6-7-19-9-12(16)14(18)15-11-4-5-11/h10-12H,3-9H2,1-2H3,(H,15,18). The molecule has 0 radical (unpaired) electrons. The highest BCUT2D eigenvalue weighted by molar-refractivity contribution is 5.85. The maximum atomic E-state index is 12.1. The van der Waals surface area contributed by atoms with Crippen molar-refractivity contribution < 1.29 is 14.3 Å². The summed E-state index contributed by atoms with van der Waals surface area (Å²) >= 11 is 0. The van der Waals surface area contributed by atoms with E-state index in [9.17, 15) is 9.59 Å². The van der Waals surface area contributed by atoms with Crippen molar-refractivity contribution >= 4 is 11.7 Å². The molecule has 2 fully saturated rings. The molecule has 2 unspecified atom stereocenters. The van der Waals surface area contributed by atoms with Crippen molar-refractivity contribution in [1.82, 2.24) is 10.2 Å². The minimum atomic E-state index is -0.303. The summed E-state index contributed by atoms with van der Waals surface area (Å²) in [5.74, 6) is 0.294. The smallest absolute Gasteiger partial charge is 0.239 e. The summed E-state index contributed by atoms with van der Waals surface area (Å²) in [5, 5.41) is 3.00. The fourth-order valence-electron chi connectivity index (χ4n) is 2.18. The van der Waals surface area contributed by atoms with Crippen LogP contribution in [0.4, 0.5) is 0 Å². The van der Waals surface area contributed by atoms with Gasteiger partial charge in [-0.1, -0.05) is 13.8 Å². The highest BCUT2D eigenvalue weighted by Crippen LogP contribution is 2.19. The molecule has 0 spiro atoms. The molecule has 5 heteroatoms. The number of ketones is 1. The Balaban J connectivity index is 1.90. The zero-order chi connectivity index (χ0) is 13.8. The molecule has 19 heavy (non-hydrogen) atoms. The SMILES string of the molecule is CCC(C)C(=O)CN1CCOCC1C(=O)NC1CC1. The molecule has 2 aliphatic rings. The lowest BCUT2D eigenvalue weighted by Crippen LogP contribution is -2.55. The topological polar surface area (TPSA) is 58.6 Å². The molecule has 1 aliphatic carbocycles. The van der Waals surface area contributed by atoms with E-state index in [-0.39, 0.29) is 23.7 Å². The van der Waals surface area contributed by atoms with Crippen molar-refractivity contribution in [2.45, 2.75) is 45.2 Å². The molecule has 2 atom stereocenters. The number of nitrogens with zero attached hydrogens (tertiary/aromatic N) is 1. The van der Waals surface area contributed by atoms with E-state index in [4.69, 9.17) is 4.74 Å². The summed E-state index contributed by atoms with van der Waals surface area (Å²) in [6.07, 6.45) is 3.00. The summed E-state index contributed by atoms with van der Waals surface area (Å²) in [4.78, 5) is 26.1. The van der Waals surface area contributed by atoms with Gasteiger partial charge in [0.25, 0.3) is 0 Å². The first kappa shape index (κ1) is 14.5. The molecular formula is C14H24N2O3. The minimum Gasteiger partial charge on any atom is -0.378 e. The van der Waals surface area contributed by atoms with Gasteiger partial charge in [-0.2, -0.15) is 0 Å². The summed E-state index contributed by atoms with van der Waals surface area (Å²) in [7, 11) is 0. The van der Waals surface area contributed by atoms with Crippen LogP contribution in [0.5, 0.6) is 0 Å². The van der Waals surface area contributed by atoms with E-state index in [1.54, 1.807) is 0 Å². The van der Waals surface area contributed by atoms with E-state index in [1.807, 2.05) is 18.7 Å². The minimum absolute atomic E-state index is 0.0131. The van der Waals surface area contributed by atoms with Crippen LogP contribution in [0.15, 0.2) is 0 Å². The van der Waals surface area contributed by atoms with Crippen molar-refractivity contribution in [2.75, 3.05) is 26.3 Å². The Morgan fingerprint density at radius 2 is 2.16 bits per heavy atom. The van der Waals surface area contributed by atoms with Crippen LogP contribution >= 0.6 is 0 Å². The van der Waals surface area contributed by atoms with E-state index in [1.165, 1.54) is 0 Å². The third kappa shape index (κ3) is 4.01. The fraction of sp³-hybridized carbons (Fsp3) is 0.857. The Morgan fingerprint density at radius 3 is 2.79 bits per heavy atom. The van der Waals surface area contributed by atoms with Gasteiger partial charge in [-0.25, -0.2) is 0 Å². The maximum absolute atomic E-state index is 12.1. The van der Waals surface area contributed by atoms with Gasteiger partial charge in [0, 0.05) is 18.5 Å². The Morgan fingerprint density at radius 1 is 1.42 bits per heavy atom. The van der Waals surface area contributed by atoms with E-state index in [0.717, 1.165) is 19.3 Å². The van der Waals surface area contributed by atoms with Crippen LogP contribution in [0.25, 0.3) is 0 Å². The number of hydrogen-bond donors (Lipinski definition) is 1. The quantitative estimate of drug-likeness (QED) is 0.765. The average molecular weight is 268 g/mol. The zero-order valence-corrected chi connectivity index (χ0v) is 11.9. The van der Waals surface area contributed by atoms with Crippen LogP contribution < -0.4 is 5.32 Å². The molecule has 1 amide bonds. The number of carbonyl (C=O) groups excluding carboxylic acids is 2. The summed E-state index contributed by atoms with van der Waals surface area (Å²) < 4.78 is 5.39. The van der Waals surface area contributed by atoms with Crippen molar-refractivity contribution in [2.24, 2.45) is 5.92 Å². The van der Waals surface area contributed by atoms with Crippen LogP contribution in [0.3, 0.4) is 0 Å². The van der Waals surface area contributed by atoms with Crippen molar-refractivity contribution in [3.8, 4) is 0 Å². The first-order valence-corrected chi connectivity index (χ1v) is 7.26. The van der Waals surface area contributed by atoms with Gasteiger partial charge in [0.15, 0.2) is 0 Å². The zero-order valence-electron chi connectivity index (χ0n) is 11.9. The highest BCUT2D eigenvalue weighted by atomic mass is 16.5. The largest absolute Gasteiger partial charge is 0.378 e. The van der Waals surface area contributed by atoms with Crippen LogP contribution in [0, 0.1) is 5.92 Å². The second-order valence-electron chi connectivity index (χ2n) is 5.62. The summed E-state index contributed by atoms with van der Waals surface area (Å²) in [6.45, 7) is 5.97. The number of rotatable bonds is 6. The van der Waals surface area contributed by atoms with Gasteiger partial charge in [0.2, 0.25) is 5.91 Å². The lowest BCUT2D eigenvalue weighted by molar-refractivity contribution is -0.135. The van der Waals surface area contributed by atoms with Crippen molar-refractivity contribution in [1.29, 1.82) is 0 Å². The third-order valence-corrected chi connectivity index (χ3v) is 3.99. The van der Waals surface area contributed by atoms with Gasteiger partial charge in [-0.15, -0.1) is 0 Å². The number of Topliss-reactive ketones (excluding diaryl/α,β-unsaturated/α-hetero) is 1. The Hall–Kier alpha value is -0.940. The van der Waals surface area contributed by atoms with Crippen LogP contribution in [-0.4, -0.2) is 55.0 Å². The number of ether oxygens (including phenoxy) is 1. The third-order valence-electron chi connectivity index (χ3n) is 3.99. The number of amides is 1. The number of nitrogens with one attached hydrogen (secondary N) is 1. The molecular weight excluding hydrogens is 244 g/mol. The van der Waals surface area contributed by atoms with E-state index < -0.39 is 0 Å². The van der Waals surface area contributed by atoms with Crippen LogP contribution in [0.2, 0.25) is 0 Å². The molecule has 1 aliphatic heterocycles. The predicted molar refractivity (Wildman–Crippen MR) is 71.8 cm³/mol. The van der Waals surface area contributed by atoms with Gasteiger partial charge in [0.1, 0.15) is 11.8 Å². The van der Waals surface area contributed by atoms with Gasteiger partial charge in [0.05, 0.1) is 19.8 Å². The number of hydrogen-bond acceptors (Lipinski definition) is 4. The first-order valence-electron chi connectivity index (χ1n) is 7.26. The molecule has 5 nitrogen and oxygen atoms in total. The van der Waals surface area contributed by atoms with Gasteiger partial charge in [-0.05, 0) is 19.3 Å². The lowest BCUT2D eigenvalue weighted by Gasteiger charge is -2.34. The second kappa shape index (κ2) is 6.48. The van der Waals surface area contributed by atoms with E-state index >= 15 is 0 Å². The molecule has 1 saturated heterocycles. The van der Waals surface area contributed by atoms with Crippen LogP contribution in [-0.2, 0) is 14.3 Å². The number of morpholine rings is 1. The molecule has 0 aromatic rings. The Kier molecular flexibility index (Phi) is 4.93. The molecule has 2 rings (SSSR count). The van der Waals surface area contributed by atoms with Gasteiger partial charge >= 0.3 is 0 Å². The molecule has 1 N–H and O–H groups in total. The highest BCUT2D eigenvalue weighted by Gasteiger charge is 2.34. The molecule has 1 heterocycles. The van der Waals surface area contributed by atoms with E-state index in [2.05, 4.69) is 5.32 Å². The Bertz CT molecular complexity index is 342. The first-order chi connectivity index (χ1) is 9.11. The molecule has 0 bridgehead atoms. The molecule has 1 saturated carbocycles. The van der Waals surface area contributed by atoms with E-state index in [0.29, 0.717) is 32.3 Å². The molecule has 108 valence electrons. The average Bonchev–Trinajstić information content (AvgIpc) is 3.22. The predicted octanol–water partition coefficient (Wildman–Crippen LogP) is 0.581. The number of carbonyl (C=O) groups is 2.